The fourth-order valence-electron chi connectivity index (χ4n) is 6.26. The molecule has 46 heavy (non-hydrogen) atoms. The number of nitrogens with zero attached hydrogens (tertiary/aromatic N) is 8. The van der Waals surface area contributed by atoms with Crippen molar-refractivity contribution in [2.24, 2.45) is 7.05 Å². The van der Waals surface area contributed by atoms with Crippen LogP contribution in [0.3, 0.4) is 0 Å². The molecule has 0 spiro atoms. The number of aromatic amines is 1. The molecule has 1 unspecified atom stereocenters. The number of H-pyrrole nitrogens is 1. The van der Waals surface area contributed by atoms with E-state index in [1.165, 1.54) is 19.3 Å². The average molecular weight is 622 g/mol. The highest BCUT2D eigenvalue weighted by Gasteiger charge is 2.27. The smallest absolute Gasteiger partial charge is 0.238 e. The number of nitrogens with one attached hydrogen (secondary N) is 3. The maximum Gasteiger partial charge on any atom is 0.238 e. The van der Waals surface area contributed by atoms with Crippen molar-refractivity contribution in [1.82, 2.24) is 39.6 Å². The van der Waals surface area contributed by atoms with Crippen LogP contribution in [-0.2, 0) is 11.8 Å². The van der Waals surface area contributed by atoms with E-state index in [0.29, 0.717) is 24.2 Å². The minimum absolute atomic E-state index is 0.0246. The number of para-hydroxylation sites is 1. The number of aromatic nitrogens is 7. The fourth-order valence-corrected chi connectivity index (χ4v) is 6.26. The van der Waals surface area contributed by atoms with Crippen LogP contribution < -0.4 is 20.3 Å². The van der Waals surface area contributed by atoms with Gasteiger partial charge in [-0.3, -0.25) is 14.4 Å². The van der Waals surface area contributed by atoms with Crippen LogP contribution in [0.5, 0.6) is 5.88 Å². The zero-order chi connectivity index (χ0) is 31.6. The van der Waals surface area contributed by atoms with E-state index in [9.17, 15) is 4.79 Å². The van der Waals surface area contributed by atoms with Crippen LogP contribution >= 0.6 is 0 Å². The standard InChI is InChI=1S/C33H39N11O2/c1-21-16-35-33(39-27-14-22(2)42(3)41-27)40-31(21)25-17-34-32-24(25)8-7-9-26(32)38-29(45)19-43-13-10-23(18-43)46-30-15-28(36-20-37-30)44-11-5-4-6-12-44/h7-9,14-17,20,23,34H,4-6,10-13,18-19H2,1-3H3,(H,38,45)(H,35,39,40,41). The zero-order valence-corrected chi connectivity index (χ0v) is 26.5. The van der Waals surface area contributed by atoms with E-state index < -0.39 is 0 Å². The Morgan fingerprint density at radius 2 is 1.96 bits per heavy atom. The number of fused-ring (bicyclic) bond motifs is 1. The lowest BCUT2D eigenvalue weighted by Gasteiger charge is -2.27. The van der Waals surface area contributed by atoms with Crippen molar-refractivity contribution in [1.29, 1.82) is 0 Å². The molecule has 1 aromatic carbocycles. The van der Waals surface area contributed by atoms with Crippen molar-refractivity contribution in [2.75, 3.05) is 48.3 Å². The molecule has 0 bridgehead atoms. The van der Waals surface area contributed by atoms with Crippen LogP contribution in [0.1, 0.15) is 36.9 Å². The van der Waals surface area contributed by atoms with Gasteiger partial charge < -0.3 is 25.3 Å². The predicted octanol–water partition coefficient (Wildman–Crippen LogP) is 4.59. The van der Waals surface area contributed by atoms with Gasteiger partial charge in [-0.05, 0) is 51.2 Å². The Labute approximate surface area is 267 Å². The van der Waals surface area contributed by atoms with Gasteiger partial charge in [0.15, 0.2) is 5.82 Å². The quantitative estimate of drug-likeness (QED) is 0.214. The molecule has 0 aliphatic carbocycles. The third kappa shape index (κ3) is 6.36. The van der Waals surface area contributed by atoms with Gasteiger partial charge in [-0.2, -0.15) is 5.10 Å². The molecule has 1 atom stereocenters. The summed E-state index contributed by atoms with van der Waals surface area (Å²) in [6.45, 7) is 7.73. The van der Waals surface area contributed by atoms with Crippen molar-refractivity contribution >= 4 is 40.1 Å². The number of benzene rings is 1. The van der Waals surface area contributed by atoms with E-state index >= 15 is 0 Å². The Bertz CT molecular complexity index is 1840. The molecule has 13 heteroatoms. The van der Waals surface area contributed by atoms with Crippen LogP contribution in [-0.4, -0.2) is 84.3 Å². The van der Waals surface area contributed by atoms with Crippen molar-refractivity contribution in [3.63, 3.8) is 0 Å². The molecule has 7 rings (SSSR count). The summed E-state index contributed by atoms with van der Waals surface area (Å²) in [7, 11) is 1.90. The molecule has 2 aliphatic heterocycles. The number of rotatable bonds is 9. The molecule has 3 N–H and O–H groups in total. The molecule has 238 valence electrons. The van der Waals surface area contributed by atoms with E-state index in [0.717, 1.165) is 71.0 Å². The summed E-state index contributed by atoms with van der Waals surface area (Å²) in [6, 6.07) is 9.77. The highest BCUT2D eigenvalue weighted by atomic mass is 16.5. The fraction of sp³-hybridized carbons (Fsp3) is 0.394. The van der Waals surface area contributed by atoms with Crippen molar-refractivity contribution in [3.05, 3.63) is 60.3 Å². The second-order valence-corrected chi connectivity index (χ2v) is 12.1. The molecule has 0 radical (unpaired) electrons. The number of carbonyl (C=O) groups excluding carboxylic acids is 1. The van der Waals surface area contributed by atoms with E-state index in [1.54, 1.807) is 17.2 Å². The number of amides is 1. The first-order valence-corrected chi connectivity index (χ1v) is 15.9. The summed E-state index contributed by atoms with van der Waals surface area (Å²) in [6.07, 6.45) is 9.76. The van der Waals surface area contributed by atoms with E-state index in [-0.39, 0.29) is 18.6 Å². The number of aryl methyl sites for hydroxylation is 3. The van der Waals surface area contributed by atoms with Crippen LogP contribution in [0.4, 0.5) is 23.3 Å². The lowest BCUT2D eigenvalue weighted by Crippen LogP contribution is -2.33. The number of hydrogen-bond acceptors (Lipinski definition) is 10. The lowest BCUT2D eigenvalue weighted by molar-refractivity contribution is -0.117. The van der Waals surface area contributed by atoms with E-state index in [1.807, 2.05) is 57.4 Å². The summed E-state index contributed by atoms with van der Waals surface area (Å²) in [4.78, 5) is 39.1. The van der Waals surface area contributed by atoms with Crippen molar-refractivity contribution in [3.8, 4) is 17.1 Å². The Kier molecular flexibility index (Phi) is 8.22. The SMILES string of the molecule is Cc1cnc(Nc2cc(C)n(C)n2)nc1-c1c[nH]c2c(NC(=O)CN3CCC(Oc4cc(N5CCCCC5)ncn4)C3)cccc12. The highest BCUT2D eigenvalue weighted by molar-refractivity contribution is 6.06. The van der Waals surface area contributed by atoms with Gasteiger partial charge in [-0.25, -0.2) is 19.9 Å². The number of anilines is 4. The van der Waals surface area contributed by atoms with E-state index in [4.69, 9.17) is 9.72 Å². The normalized spacial score (nSPS) is 17.0. The van der Waals surface area contributed by atoms with Gasteiger partial charge in [0.25, 0.3) is 0 Å². The monoisotopic (exact) mass is 621 g/mol. The summed E-state index contributed by atoms with van der Waals surface area (Å²) < 4.78 is 8.02. The third-order valence-corrected chi connectivity index (χ3v) is 8.76. The third-order valence-electron chi connectivity index (χ3n) is 8.76. The molecule has 13 nitrogen and oxygen atoms in total. The molecule has 0 saturated carbocycles. The van der Waals surface area contributed by atoms with Crippen LogP contribution in [0.15, 0.2) is 49.1 Å². The van der Waals surface area contributed by atoms with Gasteiger partial charge in [-0.1, -0.05) is 12.1 Å². The number of likely N-dealkylation sites (tertiary alicyclic amines) is 1. The van der Waals surface area contributed by atoms with Gasteiger partial charge in [0.05, 0.1) is 23.4 Å². The Morgan fingerprint density at radius 1 is 1.09 bits per heavy atom. The largest absolute Gasteiger partial charge is 0.473 e. The number of piperidine rings is 1. The number of carbonyl (C=O) groups is 1. The van der Waals surface area contributed by atoms with Gasteiger partial charge in [0, 0.05) is 74.4 Å². The van der Waals surface area contributed by atoms with Crippen molar-refractivity contribution < 1.29 is 9.53 Å². The highest BCUT2D eigenvalue weighted by Crippen LogP contribution is 2.33. The van der Waals surface area contributed by atoms with Gasteiger partial charge >= 0.3 is 0 Å². The molecule has 2 aliphatic rings. The average Bonchev–Trinajstić information content (AvgIpc) is 3.77. The predicted molar refractivity (Wildman–Crippen MR) is 177 cm³/mol. The molecular formula is C33H39N11O2. The first-order chi connectivity index (χ1) is 22.4. The minimum atomic E-state index is -0.0749. The molecule has 1 amide bonds. The van der Waals surface area contributed by atoms with Crippen LogP contribution in [0.25, 0.3) is 22.2 Å². The van der Waals surface area contributed by atoms with Crippen molar-refractivity contribution in [2.45, 2.75) is 45.6 Å². The second kappa shape index (κ2) is 12.8. The Hall–Kier alpha value is -5.04. The van der Waals surface area contributed by atoms with Crippen LogP contribution in [0, 0.1) is 13.8 Å². The van der Waals surface area contributed by atoms with Gasteiger partial charge in [0.1, 0.15) is 18.2 Å². The van der Waals surface area contributed by atoms with Gasteiger partial charge in [-0.15, -0.1) is 0 Å². The molecule has 2 saturated heterocycles. The topological polar surface area (TPSA) is 142 Å². The Balaban J connectivity index is 0.991. The maximum atomic E-state index is 13.2. The number of hydrogen-bond donors (Lipinski definition) is 3. The van der Waals surface area contributed by atoms with E-state index in [2.05, 4.69) is 45.5 Å². The summed E-state index contributed by atoms with van der Waals surface area (Å²) in [5.74, 6) is 2.59. The zero-order valence-electron chi connectivity index (χ0n) is 26.5. The Morgan fingerprint density at radius 3 is 2.78 bits per heavy atom. The van der Waals surface area contributed by atoms with Crippen LogP contribution in [0.2, 0.25) is 0 Å². The molecule has 5 aromatic rings. The maximum absolute atomic E-state index is 13.2. The molecule has 2 fully saturated rings. The number of ether oxygens (including phenoxy) is 1. The summed E-state index contributed by atoms with van der Waals surface area (Å²) in [5.41, 5.74) is 5.26. The minimum Gasteiger partial charge on any atom is -0.473 e. The second-order valence-electron chi connectivity index (χ2n) is 12.1. The molecular weight excluding hydrogens is 582 g/mol. The summed E-state index contributed by atoms with van der Waals surface area (Å²) in [5, 5.41) is 11.7. The van der Waals surface area contributed by atoms with Gasteiger partial charge in [0.2, 0.25) is 17.7 Å². The molecule has 6 heterocycles. The first kappa shape index (κ1) is 29.7. The molecule has 4 aromatic heterocycles. The first-order valence-electron chi connectivity index (χ1n) is 15.9. The lowest BCUT2D eigenvalue weighted by atomic mass is 10.1. The summed E-state index contributed by atoms with van der Waals surface area (Å²) >= 11 is 0.